The van der Waals surface area contributed by atoms with Crippen LogP contribution in [0.1, 0.15) is 34.6 Å². The molecule has 0 aliphatic carbocycles. The summed E-state index contributed by atoms with van der Waals surface area (Å²) in [5.74, 6) is 0.655. The van der Waals surface area contributed by atoms with Crippen molar-refractivity contribution in [3.63, 3.8) is 0 Å². The van der Waals surface area contributed by atoms with Gasteiger partial charge < -0.3 is 19.9 Å². The topological polar surface area (TPSA) is 61.9 Å². The SMILES string of the molecule is CCOc1cccc(N2CCN(C(=O)NC(C)(C)C)[C@@H](C)C2=O)c1. The molecule has 0 spiro atoms. The summed E-state index contributed by atoms with van der Waals surface area (Å²) in [6.45, 7) is 11.0. The Bertz CT molecular complexity index is 610. The fourth-order valence-corrected chi connectivity index (χ4v) is 2.70. The molecule has 0 aromatic heterocycles. The number of carbonyl (C=O) groups is 2. The number of urea groups is 1. The van der Waals surface area contributed by atoms with Crippen LogP contribution in [0.5, 0.6) is 5.75 Å². The first-order chi connectivity index (χ1) is 11.2. The molecule has 1 aromatic rings. The van der Waals surface area contributed by atoms with E-state index in [0.29, 0.717) is 19.7 Å². The number of hydrogen-bond acceptors (Lipinski definition) is 3. The molecule has 0 radical (unpaired) electrons. The number of amides is 3. The Hall–Kier alpha value is -2.24. The van der Waals surface area contributed by atoms with Crippen LogP contribution >= 0.6 is 0 Å². The Morgan fingerprint density at radius 2 is 2.04 bits per heavy atom. The molecule has 0 bridgehead atoms. The average Bonchev–Trinajstić information content (AvgIpc) is 2.48. The van der Waals surface area contributed by atoms with Gasteiger partial charge in [0.15, 0.2) is 0 Å². The summed E-state index contributed by atoms with van der Waals surface area (Å²) < 4.78 is 5.50. The van der Waals surface area contributed by atoms with Gasteiger partial charge in [-0.05, 0) is 46.8 Å². The predicted octanol–water partition coefficient (Wildman–Crippen LogP) is 2.63. The molecule has 2 rings (SSSR count). The van der Waals surface area contributed by atoms with Gasteiger partial charge in [-0.2, -0.15) is 0 Å². The Labute approximate surface area is 143 Å². The maximum Gasteiger partial charge on any atom is 0.318 e. The predicted molar refractivity (Wildman–Crippen MR) is 94.4 cm³/mol. The monoisotopic (exact) mass is 333 g/mol. The van der Waals surface area contributed by atoms with E-state index in [-0.39, 0.29) is 17.5 Å². The number of nitrogens with one attached hydrogen (secondary N) is 1. The highest BCUT2D eigenvalue weighted by Crippen LogP contribution is 2.25. The van der Waals surface area contributed by atoms with Crippen LogP contribution in [0.25, 0.3) is 0 Å². The maximum atomic E-state index is 12.7. The number of benzene rings is 1. The lowest BCUT2D eigenvalue weighted by Crippen LogP contribution is -2.61. The molecule has 1 aliphatic heterocycles. The molecule has 1 fully saturated rings. The van der Waals surface area contributed by atoms with Crippen LogP contribution in [0.15, 0.2) is 24.3 Å². The highest BCUT2D eigenvalue weighted by molar-refractivity contribution is 6.00. The Morgan fingerprint density at radius 3 is 2.67 bits per heavy atom. The van der Waals surface area contributed by atoms with E-state index in [1.165, 1.54) is 0 Å². The second-order valence-corrected chi connectivity index (χ2v) is 6.97. The van der Waals surface area contributed by atoms with Gasteiger partial charge in [-0.25, -0.2) is 4.79 Å². The lowest BCUT2D eigenvalue weighted by atomic mass is 10.1. The summed E-state index contributed by atoms with van der Waals surface area (Å²) in [7, 11) is 0. The van der Waals surface area contributed by atoms with Gasteiger partial charge in [-0.3, -0.25) is 4.79 Å². The first-order valence-electron chi connectivity index (χ1n) is 8.36. The van der Waals surface area contributed by atoms with Gasteiger partial charge in [0.05, 0.1) is 6.61 Å². The lowest BCUT2D eigenvalue weighted by Gasteiger charge is -2.40. The van der Waals surface area contributed by atoms with Crippen LogP contribution in [0.4, 0.5) is 10.5 Å². The van der Waals surface area contributed by atoms with Crippen molar-refractivity contribution in [3.05, 3.63) is 24.3 Å². The maximum absolute atomic E-state index is 12.7. The standard InChI is InChI=1S/C18H27N3O3/c1-6-24-15-9-7-8-14(12-15)21-11-10-20(13(2)16(21)22)17(23)19-18(3,4)5/h7-9,12-13H,6,10-11H2,1-5H3,(H,19,23)/t13-/m0/s1. The van der Waals surface area contributed by atoms with Crippen LogP contribution in [-0.2, 0) is 4.79 Å². The minimum Gasteiger partial charge on any atom is -0.494 e. The van der Waals surface area contributed by atoms with Crippen molar-refractivity contribution < 1.29 is 14.3 Å². The van der Waals surface area contributed by atoms with E-state index in [2.05, 4.69) is 5.32 Å². The van der Waals surface area contributed by atoms with Gasteiger partial charge in [-0.15, -0.1) is 0 Å². The number of carbonyl (C=O) groups excluding carboxylic acids is 2. The van der Waals surface area contributed by atoms with Gasteiger partial charge in [0.2, 0.25) is 5.91 Å². The smallest absolute Gasteiger partial charge is 0.318 e. The van der Waals surface area contributed by atoms with E-state index in [1.807, 2.05) is 52.0 Å². The van der Waals surface area contributed by atoms with E-state index in [1.54, 1.807) is 16.7 Å². The highest BCUT2D eigenvalue weighted by Gasteiger charge is 2.36. The quantitative estimate of drug-likeness (QED) is 0.925. The second-order valence-electron chi connectivity index (χ2n) is 6.97. The van der Waals surface area contributed by atoms with Crippen molar-refractivity contribution in [1.82, 2.24) is 10.2 Å². The molecule has 132 valence electrons. The first-order valence-corrected chi connectivity index (χ1v) is 8.36. The third-order valence-corrected chi connectivity index (χ3v) is 3.84. The minimum absolute atomic E-state index is 0.0843. The summed E-state index contributed by atoms with van der Waals surface area (Å²) in [4.78, 5) is 28.4. The Kier molecular flexibility index (Phi) is 5.36. The normalized spacial score (nSPS) is 18.5. The summed E-state index contributed by atoms with van der Waals surface area (Å²) >= 11 is 0. The third kappa shape index (κ3) is 4.19. The molecular formula is C18H27N3O3. The number of ether oxygens (including phenoxy) is 1. The zero-order valence-electron chi connectivity index (χ0n) is 15.1. The number of piperazine rings is 1. The number of nitrogens with zero attached hydrogens (tertiary/aromatic N) is 2. The molecule has 24 heavy (non-hydrogen) atoms. The van der Waals surface area contributed by atoms with Gasteiger partial charge >= 0.3 is 6.03 Å². The largest absolute Gasteiger partial charge is 0.494 e. The van der Waals surface area contributed by atoms with E-state index in [4.69, 9.17) is 4.74 Å². The highest BCUT2D eigenvalue weighted by atomic mass is 16.5. The van der Waals surface area contributed by atoms with Gasteiger partial charge in [0.1, 0.15) is 11.8 Å². The van der Waals surface area contributed by atoms with Gasteiger partial charge in [0, 0.05) is 30.4 Å². The molecule has 6 heteroatoms. The molecule has 0 saturated carbocycles. The molecule has 3 amide bonds. The molecule has 1 saturated heterocycles. The van der Waals surface area contributed by atoms with Crippen LogP contribution in [0.2, 0.25) is 0 Å². The van der Waals surface area contributed by atoms with Gasteiger partial charge in [-0.1, -0.05) is 6.07 Å². The van der Waals surface area contributed by atoms with Crippen molar-refractivity contribution in [2.24, 2.45) is 0 Å². The van der Waals surface area contributed by atoms with Crippen LogP contribution in [0.3, 0.4) is 0 Å². The van der Waals surface area contributed by atoms with Crippen molar-refractivity contribution in [2.45, 2.75) is 46.2 Å². The van der Waals surface area contributed by atoms with Crippen molar-refractivity contribution in [3.8, 4) is 5.75 Å². The minimum atomic E-state index is -0.503. The Morgan fingerprint density at radius 1 is 1.33 bits per heavy atom. The number of anilines is 1. The number of hydrogen-bond donors (Lipinski definition) is 1. The summed E-state index contributed by atoms with van der Waals surface area (Å²) in [6, 6.07) is 6.78. The van der Waals surface area contributed by atoms with Crippen molar-refractivity contribution >= 4 is 17.6 Å². The van der Waals surface area contributed by atoms with E-state index in [0.717, 1.165) is 11.4 Å². The van der Waals surface area contributed by atoms with Crippen LogP contribution in [0, 0.1) is 0 Å². The van der Waals surface area contributed by atoms with Crippen LogP contribution in [-0.4, -0.2) is 48.1 Å². The van der Waals surface area contributed by atoms with E-state index >= 15 is 0 Å². The fraction of sp³-hybridized carbons (Fsp3) is 0.556. The molecular weight excluding hydrogens is 306 g/mol. The molecule has 0 unspecified atom stereocenters. The van der Waals surface area contributed by atoms with Crippen molar-refractivity contribution in [2.75, 3.05) is 24.6 Å². The second kappa shape index (κ2) is 7.11. The molecule has 1 heterocycles. The lowest BCUT2D eigenvalue weighted by molar-refractivity contribution is -0.124. The van der Waals surface area contributed by atoms with Crippen molar-refractivity contribution in [1.29, 1.82) is 0 Å². The van der Waals surface area contributed by atoms with Crippen LogP contribution < -0.4 is 15.0 Å². The zero-order valence-corrected chi connectivity index (χ0v) is 15.1. The summed E-state index contributed by atoms with van der Waals surface area (Å²) in [6.07, 6.45) is 0. The molecule has 1 aromatic carbocycles. The first kappa shape index (κ1) is 18.1. The summed E-state index contributed by atoms with van der Waals surface area (Å²) in [5, 5.41) is 2.92. The van der Waals surface area contributed by atoms with E-state index in [9.17, 15) is 9.59 Å². The molecule has 1 aliphatic rings. The third-order valence-electron chi connectivity index (χ3n) is 3.84. The van der Waals surface area contributed by atoms with Gasteiger partial charge in [0.25, 0.3) is 0 Å². The zero-order chi connectivity index (χ0) is 17.9. The fourth-order valence-electron chi connectivity index (χ4n) is 2.70. The summed E-state index contributed by atoms with van der Waals surface area (Å²) in [5.41, 5.74) is 0.469. The Balaban J connectivity index is 2.12. The molecule has 6 nitrogen and oxygen atoms in total. The average molecular weight is 333 g/mol. The molecule has 1 N–H and O–H groups in total. The molecule has 1 atom stereocenters. The number of rotatable bonds is 3. The van der Waals surface area contributed by atoms with E-state index < -0.39 is 6.04 Å².